The molecule has 0 aliphatic carbocycles. The Morgan fingerprint density at radius 2 is 2.00 bits per heavy atom. The van der Waals surface area contributed by atoms with Crippen LogP contribution in [0.2, 0.25) is 5.15 Å². The minimum atomic E-state index is -0.315. The van der Waals surface area contributed by atoms with Gasteiger partial charge in [-0.3, -0.25) is 0 Å². The lowest BCUT2D eigenvalue weighted by atomic mass is 10.1. The largest absolute Gasteiger partial charge is 0.330 e. The molecule has 0 saturated heterocycles. The van der Waals surface area contributed by atoms with E-state index in [1.54, 1.807) is 24.3 Å². The van der Waals surface area contributed by atoms with Crippen molar-refractivity contribution in [1.29, 1.82) is 0 Å². The second-order valence-corrected chi connectivity index (χ2v) is 3.99. The highest BCUT2D eigenvalue weighted by atomic mass is 35.5. The van der Waals surface area contributed by atoms with Crippen LogP contribution in [0.15, 0.2) is 36.7 Å². The van der Waals surface area contributed by atoms with Gasteiger partial charge in [0.05, 0.1) is 5.69 Å². The van der Waals surface area contributed by atoms with Crippen LogP contribution in [-0.4, -0.2) is 15.0 Å². The van der Waals surface area contributed by atoms with Crippen molar-refractivity contribution in [2.75, 3.05) is 0 Å². The van der Waals surface area contributed by atoms with E-state index in [-0.39, 0.29) is 5.82 Å². The molecule has 3 nitrogen and oxygen atoms in total. The van der Waals surface area contributed by atoms with Crippen molar-refractivity contribution in [3.05, 3.63) is 47.6 Å². The maximum atomic E-state index is 13.7. The van der Waals surface area contributed by atoms with E-state index in [9.17, 15) is 4.39 Å². The van der Waals surface area contributed by atoms with E-state index < -0.39 is 0 Å². The SMILES string of the molecule is Fc1ccccc1-c1ncnc2[nH]c(Cl)cc12. The predicted molar refractivity (Wildman–Crippen MR) is 64.3 cm³/mol. The lowest BCUT2D eigenvalue weighted by molar-refractivity contribution is 0.631. The minimum Gasteiger partial charge on any atom is -0.330 e. The van der Waals surface area contributed by atoms with Crippen LogP contribution < -0.4 is 0 Å². The van der Waals surface area contributed by atoms with Gasteiger partial charge in [-0.05, 0) is 18.2 Å². The number of benzene rings is 1. The Balaban J connectivity index is 2.34. The van der Waals surface area contributed by atoms with Gasteiger partial charge in [-0.1, -0.05) is 23.7 Å². The molecule has 0 radical (unpaired) electrons. The molecule has 0 unspecified atom stereocenters. The lowest BCUT2D eigenvalue weighted by Gasteiger charge is -2.02. The quantitative estimate of drug-likeness (QED) is 0.716. The number of nitrogens with zero attached hydrogens (tertiary/aromatic N) is 2. The molecule has 0 bridgehead atoms. The summed E-state index contributed by atoms with van der Waals surface area (Å²) in [5.74, 6) is -0.315. The monoisotopic (exact) mass is 247 g/mol. The summed E-state index contributed by atoms with van der Waals surface area (Å²) in [5, 5.41) is 1.17. The van der Waals surface area contributed by atoms with E-state index in [0.717, 1.165) is 0 Å². The summed E-state index contributed by atoms with van der Waals surface area (Å²) in [6, 6.07) is 8.18. The third-order valence-corrected chi connectivity index (χ3v) is 2.73. The summed E-state index contributed by atoms with van der Waals surface area (Å²) in [4.78, 5) is 11.0. The second kappa shape index (κ2) is 3.82. The van der Waals surface area contributed by atoms with Crippen molar-refractivity contribution < 1.29 is 4.39 Å². The van der Waals surface area contributed by atoms with Gasteiger partial charge in [0, 0.05) is 10.9 Å². The van der Waals surface area contributed by atoms with Crippen molar-refractivity contribution in [1.82, 2.24) is 15.0 Å². The molecule has 0 atom stereocenters. The van der Waals surface area contributed by atoms with Crippen molar-refractivity contribution in [3.63, 3.8) is 0 Å². The maximum Gasteiger partial charge on any atom is 0.142 e. The Hall–Kier alpha value is -1.94. The van der Waals surface area contributed by atoms with Crippen LogP contribution in [0.25, 0.3) is 22.3 Å². The number of aromatic amines is 1. The number of aromatic nitrogens is 3. The van der Waals surface area contributed by atoms with E-state index in [1.165, 1.54) is 12.4 Å². The van der Waals surface area contributed by atoms with Crippen LogP contribution in [0.3, 0.4) is 0 Å². The van der Waals surface area contributed by atoms with Crippen LogP contribution in [0.5, 0.6) is 0 Å². The molecule has 84 valence electrons. The first kappa shape index (κ1) is 10.2. The van der Waals surface area contributed by atoms with Crippen molar-refractivity contribution in [2.45, 2.75) is 0 Å². The van der Waals surface area contributed by atoms with Crippen LogP contribution >= 0.6 is 11.6 Å². The Bertz CT molecular complexity index is 693. The predicted octanol–water partition coefficient (Wildman–Crippen LogP) is 3.42. The molecule has 1 aromatic carbocycles. The zero-order valence-electron chi connectivity index (χ0n) is 8.61. The van der Waals surface area contributed by atoms with Crippen LogP contribution in [-0.2, 0) is 0 Å². The maximum absolute atomic E-state index is 13.7. The van der Waals surface area contributed by atoms with E-state index in [2.05, 4.69) is 15.0 Å². The molecule has 0 spiro atoms. The molecule has 1 N–H and O–H groups in total. The summed E-state index contributed by atoms with van der Waals surface area (Å²) in [7, 11) is 0. The fraction of sp³-hybridized carbons (Fsp3) is 0. The number of hydrogen-bond donors (Lipinski definition) is 1. The van der Waals surface area contributed by atoms with Gasteiger partial charge in [0.15, 0.2) is 0 Å². The van der Waals surface area contributed by atoms with Gasteiger partial charge < -0.3 is 4.98 Å². The highest BCUT2D eigenvalue weighted by Gasteiger charge is 2.11. The summed E-state index contributed by atoms with van der Waals surface area (Å²) < 4.78 is 13.7. The lowest BCUT2D eigenvalue weighted by Crippen LogP contribution is -1.89. The summed E-state index contributed by atoms with van der Waals surface area (Å²) >= 11 is 5.87. The van der Waals surface area contributed by atoms with Gasteiger partial charge in [-0.2, -0.15) is 0 Å². The molecule has 0 aliphatic rings. The Labute approximate surface area is 101 Å². The average molecular weight is 248 g/mol. The summed E-state index contributed by atoms with van der Waals surface area (Å²) in [5.41, 5.74) is 1.58. The number of fused-ring (bicyclic) bond motifs is 1. The van der Waals surface area contributed by atoms with E-state index in [0.29, 0.717) is 27.4 Å². The zero-order valence-corrected chi connectivity index (χ0v) is 9.37. The number of nitrogens with one attached hydrogen (secondary N) is 1. The standard InChI is InChI=1S/C12H7ClFN3/c13-10-5-8-11(15-6-16-12(8)17-10)7-3-1-2-4-9(7)14/h1-6H,(H,15,16,17). The first-order valence-corrected chi connectivity index (χ1v) is 5.37. The summed E-state index contributed by atoms with van der Waals surface area (Å²) in [6.07, 6.45) is 1.39. The Morgan fingerprint density at radius 3 is 2.82 bits per heavy atom. The average Bonchev–Trinajstić information content (AvgIpc) is 2.70. The Morgan fingerprint density at radius 1 is 1.18 bits per heavy atom. The van der Waals surface area contributed by atoms with Gasteiger partial charge in [0.2, 0.25) is 0 Å². The van der Waals surface area contributed by atoms with Gasteiger partial charge in [0.25, 0.3) is 0 Å². The van der Waals surface area contributed by atoms with Crippen LogP contribution in [0, 0.1) is 5.82 Å². The zero-order chi connectivity index (χ0) is 11.8. The molecule has 0 fully saturated rings. The Kier molecular flexibility index (Phi) is 2.30. The normalized spacial score (nSPS) is 10.9. The molecule has 0 amide bonds. The van der Waals surface area contributed by atoms with E-state index in [4.69, 9.17) is 11.6 Å². The fourth-order valence-corrected chi connectivity index (χ4v) is 1.97. The third-order valence-electron chi connectivity index (χ3n) is 2.52. The molecule has 2 aromatic heterocycles. The molecule has 3 aromatic rings. The molecule has 0 saturated carbocycles. The van der Waals surface area contributed by atoms with Crippen molar-refractivity contribution >= 4 is 22.6 Å². The number of H-pyrrole nitrogens is 1. The van der Waals surface area contributed by atoms with Gasteiger partial charge in [-0.15, -0.1) is 0 Å². The molecule has 2 heterocycles. The van der Waals surface area contributed by atoms with E-state index >= 15 is 0 Å². The highest BCUT2D eigenvalue weighted by Crippen LogP contribution is 2.28. The molecule has 5 heteroatoms. The number of hydrogen-bond acceptors (Lipinski definition) is 2. The van der Waals surface area contributed by atoms with Gasteiger partial charge in [-0.25, -0.2) is 14.4 Å². The minimum absolute atomic E-state index is 0.315. The van der Waals surface area contributed by atoms with Gasteiger partial charge >= 0.3 is 0 Å². The van der Waals surface area contributed by atoms with Crippen LogP contribution in [0.1, 0.15) is 0 Å². The highest BCUT2D eigenvalue weighted by molar-refractivity contribution is 6.30. The topological polar surface area (TPSA) is 41.6 Å². The number of rotatable bonds is 1. The van der Waals surface area contributed by atoms with Crippen molar-refractivity contribution in [2.24, 2.45) is 0 Å². The molecule has 0 aliphatic heterocycles. The van der Waals surface area contributed by atoms with Gasteiger partial charge in [0.1, 0.15) is 22.9 Å². The third kappa shape index (κ3) is 1.66. The van der Waals surface area contributed by atoms with Crippen LogP contribution in [0.4, 0.5) is 4.39 Å². The molecular weight excluding hydrogens is 241 g/mol. The first-order valence-electron chi connectivity index (χ1n) is 5.00. The summed E-state index contributed by atoms with van der Waals surface area (Å²) in [6.45, 7) is 0. The molecule has 3 rings (SSSR count). The number of halogens is 2. The molecular formula is C12H7ClFN3. The fourth-order valence-electron chi connectivity index (χ4n) is 1.78. The first-order chi connectivity index (χ1) is 8.25. The smallest absolute Gasteiger partial charge is 0.142 e. The second-order valence-electron chi connectivity index (χ2n) is 3.58. The van der Waals surface area contributed by atoms with Crippen molar-refractivity contribution in [3.8, 4) is 11.3 Å². The molecule has 17 heavy (non-hydrogen) atoms. The van der Waals surface area contributed by atoms with E-state index in [1.807, 2.05) is 0 Å².